The predicted octanol–water partition coefficient (Wildman–Crippen LogP) is 2.96. The number of urea groups is 1. The molecule has 0 radical (unpaired) electrons. The number of fused-ring (bicyclic) bond motifs is 1. The van der Waals surface area contributed by atoms with Crippen LogP contribution in [-0.4, -0.2) is 76.8 Å². The lowest BCUT2D eigenvalue weighted by molar-refractivity contribution is 0.0341. The highest BCUT2D eigenvalue weighted by Crippen LogP contribution is 2.30. The summed E-state index contributed by atoms with van der Waals surface area (Å²) in [5, 5.41) is 15.4. The van der Waals surface area contributed by atoms with Gasteiger partial charge in [0.25, 0.3) is 5.91 Å². The van der Waals surface area contributed by atoms with E-state index in [-0.39, 0.29) is 42.7 Å². The summed E-state index contributed by atoms with van der Waals surface area (Å²) < 4.78 is 6.42. The third-order valence-corrected chi connectivity index (χ3v) is 6.04. The summed E-state index contributed by atoms with van der Waals surface area (Å²) in [7, 11) is 2.04. The van der Waals surface area contributed by atoms with E-state index in [0.717, 1.165) is 12.1 Å². The quantitative estimate of drug-likeness (QED) is 0.533. The molecule has 3 N–H and O–H groups in total. The van der Waals surface area contributed by atoms with Crippen molar-refractivity contribution in [3.05, 3.63) is 53.9 Å². The van der Waals surface area contributed by atoms with Crippen LogP contribution in [0.4, 0.5) is 10.5 Å². The highest BCUT2D eigenvalue weighted by molar-refractivity contribution is 5.99. The number of ether oxygens (including phenoxy) is 1. The van der Waals surface area contributed by atoms with Crippen LogP contribution in [0.15, 0.2) is 42.7 Å². The number of benzene rings is 1. The molecule has 0 saturated carbocycles. The molecule has 0 bridgehead atoms. The zero-order chi connectivity index (χ0) is 25.5. The summed E-state index contributed by atoms with van der Waals surface area (Å²) in [4.78, 5) is 33.7. The van der Waals surface area contributed by atoms with E-state index in [9.17, 15) is 14.7 Å². The van der Waals surface area contributed by atoms with Crippen molar-refractivity contribution in [2.75, 3.05) is 32.1 Å². The van der Waals surface area contributed by atoms with Crippen LogP contribution < -0.4 is 15.4 Å². The summed E-state index contributed by atoms with van der Waals surface area (Å²) in [6, 6.07) is 8.36. The van der Waals surface area contributed by atoms with Crippen LogP contribution in [0.25, 0.3) is 0 Å². The van der Waals surface area contributed by atoms with E-state index in [2.05, 4.69) is 27.4 Å². The molecule has 1 aromatic heterocycles. The molecule has 2 aromatic rings. The van der Waals surface area contributed by atoms with Crippen molar-refractivity contribution in [3.8, 4) is 5.75 Å². The van der Waals surface area contributed by atoms with Gasteiger partial charge in [0, 0.05) is 49.7 Å². The first-order chi connectivity index (χ1) is 16.7. The van der Waals surface area contributed by atoms with Crippen LogP contribution in [0.5, 0.6) is 5.75 Å². The molecule has 9 nitrogen and oxygen atoms in total. The first-order valence-corrected chi connectivity index (χ1v) is 12.1. The lowest BCUT2D eigenvalue weighted by atomic mass is 9.99. The van der Waals surface area contributed by atoms with Crippen molar-refractivity contribution in [1.82, 2.24) is 20.1 Å². The zero-order valence-electron chi connectivity index (χ0n) is 21.2. The fraction of sp³-hybridized carbons (Fsp3) is 0.500. The van der Waals surface area contributed by atoms with Gasteiger partial charge < -0.3 is 25.4 Å². The number of carbonyl (C=O) groups is 2. The number of rotatable bonds is 8. The smallest absolute Gasteiger partial charge is 0.319 e. The van der Waals surface area contributed by atoms with Gasteiger partial charge in [-0.3, -0.25) is 14.7 Å². The molecule has 0 saturated heterocycles. The maximum absolute atomic E-state index is 13.5. The van der Waals surface area contributed by atoms with Crippen LogP contribution in [0.3, 0.4) is 0 Å². The number of amides is 3. The largest absolute Gasteiger partial charge is 0.488 e. The second-order valence-corrected chi connectivity index (χ2v) is 9.64. The maximum atomic E-state index is 13.5. The van der Waals surface area contributed by atoms with Crippen molar-refractivity contribution in [2.45, 2.75) is 52.4 Å². The normalized spacial score (nSPS) is 19.0. The lowest BCUT2D eigenvalue weighted by Crippen LogP contribution is -2.49. The highest BCUT2D eigenvalue weighted by atomic mass is 16.5. The summed E-state index contributed by atoms with van der Waals surface area (Å²) in [5.74, 6) is 0.259. The summed E-state index contributed by atoms with van der Waals surface area (Å²) in [6.07, 6.45) is 3.37. The first kappa shape index (κ1) is 26.4. The van der Waals surface area contributed by atoms with E-state index in [1.807, 2.05) is 40.0 Å². The number of aliphatic hydroxyl groups excluding tert-OH is 1. The van der Waals surface area contributed by atoms with Crippen LogP contribution in [0.1, 0.15) is 43.6 Å². The molecule has 0 fully saturated rings. The second-order valence-electron chi connectivity index (χ2n) is 9.64. The van der Waals surface area contributed by atoms with Gasteiger partial charge in [-0.15, -0.1) is 0 Å². The Balaban J connectivity index is 1.87. The third kappa shape index (κ3) is 7.16. The van der Waals surface area contributed by atoms with Gasteiger partial charge in [-0.1, -0.05) is 6.92 Å². The summed E-state index contributed by atoms with van der Waals surface area (Å²) in [6.45, 7) is 9.33. The van der Waals surface area contributed by atoms with Crippen molar-refractivity contribution in [1.29, 1.82) is 0 Å². The average Bonchev–Trinajstić information content (AvgIpc) is 2.81. The van der Waals surface area contributed by atoms with Crippen molar-refractivity contribution in [2.24, 2.45) is 5.92 Å². The van der Waals surface area contributed by atoms with Gasteiger partial charge in [-0.25, -0.2) is 4.79 Å². The number of likely N-dealkylation sites (N-methyl/N-ethyl adjacent to an activating group) is 1. The molecule has 0 spiro atoms. The molecule has 9 heteroatoms. The molecule has 35 heavy (non-hydrogen) atoms. The van der Waals surface area contributed by atoms with Gasteiger partial charge in [0.2, 0.25) is 0 Å². The second kappa shape index (κ2) is 12.0. The van der Waals surface area contributed by atoms with E-state index >= 15 is 0 Å². The standard InChI is InChI=1S/C26H37N5O4/c1-17(2)28-26(34)29-21-6-7-23-22(12-21)25(33)31(19(4)16-32)13-18(3)24(35-23)15-30(5)14-20-8-10-27-11-9-20/h6-12,17-19,24,32H,13-16H2,1-5H3,(H2,28,29,34)/t18-,19+,24+/m1/s1. The van der Waals surface area contributed by atoms with Crippen molar-refractivity contribution >= 4 is 17.6 Å². The topological polar surface area (TPSA) is 107 Å². The van der Waals surface area contributed by atoms with E-state index in [1.54, 1.807) is 35.5 Å². The van der Waals surface area contributed by atoms with Gasteiger partial charge in [0.1, 0.15) is 11.9 Å². The van der Waals surface area contributed by atoms with Crippen LogP contribution in [-0.2, 0) is 6.54 Å². The minimum absolute atomic E-state index is 0.0171. The third-order valence-electron chi connectivity index (χ3n) is 6.04. The number of carbonyl (C=O) groups excluding carboxylic acids is 2. The molecule has 1 aliphatic heterocycles. The monoisotopic (exact) mass is 483 g/mol. The number of nitrogens with one attached hydrogen (secondary N) is 2. The van der Waals surface area contributed by atoms with E-state index in [1.165, 1.54) is 0 Å². The molecule has 190 valence electrons. The molecule has 2 heterocycles. The Bertz CT molecular complexity index is 1000. The van der Waals surface area contributed by atoms with Crippen LogP contribution >= 0.6 is 0 Å². The molecule has 1 aliphatic rings. The van der Waals surface area contributed by atoms with Gasteiger partial charge >= 0.3 is 6.03 Å². The zero-order valence-corrected chi connectivity index (χ0v) is 21.2. The molecule has 3 rings (SSSR count). The molecular formula is C26H37N5O4. The van der Waals surface area contributed by atoms with Gasteiger partial charge in [0.05, 0.1) is 18.2 Å². The van der Waals surface area contributed by atoms with Crippen LogP contribution in [0.2, 0.25) is 0 Å². The highest BCUT2D eigenvalue weighted by Gasteiger charge is 2.33. The number of aliphatic hydroxyl groups is 1. The summed E-state index contributed by atoms with van der Waals surface area (Å²) >= 11 is 0. The lowest BCUT2D eigenvalue weighted by Gasteiger charge is -2.38. The van der Waals surface area contributed by atoms with Gasteiger partial charge in [-0.05, 0) is 63.7 Å². The Morgan fingerprint density at radius 2 is 1.97 bits per heavy atom. The maximum Gasteiger partial charge on any atom is 0.319 e. The van der Waals surface area contributed by atoms with Gasteiger partial charge in [-0.2, -0.15) is 0 Å². The minimum atomic E-state index is -0.355. The van der Waals surface area contributed by atoms with Crippen LogP contribution in [0, 0.1) is 5.92 Å². The van der Waals surface area contributed by atoms with Crippen molar-refractivity contribution in [3.63, 3.8) is 0 Å². The molecular weight excluding hydrogens is 446 g/mol. The Kier molecular flexibility index (Phi) is 9.06. The number of hydrogen-bond acceptors (Lipinski definition) is 6. The average molecular weight is 484 g/mol. The number of pyridine rings is 1. The minimum Gasteiger partial charge on any atom is -0.488 e. The molecule has 3 atom stereocenters. The van der Waals surface area contributed by atoms with E-state index in [0.29, 0.717) is 30.1 Å². The fourth-order valence-electron chi connectivity index (χ4n) is 4.12. The number of anilines is 1. The Labute approximate surface area is 207 Å². The Morgan fingerprint density at radius 3 is 2.63 bits per heavy atom. The predicted molar refractivity (Wildman–Crippen MR) is 135 cm³/mol. The van der Waals surface area contributed by atoms with E-state index in [4.69, 9.17) is 4.74 Å². The first-order valence-electron chi connectivity index (χ1n) is 12.1. The molecule has 0 unspecified atom stereocenters. The Morgan fingerprint density at radius 1 is 1.26 bits per heavy atom. The molecule has 0 aliphatic carbocycles. The summed E-state index contributed by atoms with van der Waals surface area (Å²) in [5.41, 5.74) is 2.01. The van der Waals surface area contributed by atoms with Gasteiger partial charge in [0.15, 0.2) is 0 Å². The number of hydrogen-bond donors (Lipinski definition) is 3. The number of aromatic nitrogens is 1. The van der Waals surface area contributed by atoms with E-state index < -0.39 is 0 Å². The Hall–Kier alpha value is -3.17. The molecule has 1 aromatic carbocycles. The van der Waals surface area contributed by atoms with Crippen molar-refractivity contribution < 1.29 is 19.4 Å². The molecule has 3 amide bonds. The SMILES string of the molecule is CC(C)NC(=O)Nc1ccc2c(c1)C(=O)N([C@@H](C)CO)C[C@@H](C)[C@H](CN(C)Cc1ccncc1)O2. The number of nitrogens with zero attached hydrogens (tertiary/aromatic N) is 3. The fourth-order valence-corrected chi connectivity index (χ4v) is 4.12.